The molecule has 1 atom stereocenters. The molecule has 1 aliphatic carbocycles. The Bertz CT molecular complexity index is 845. The summed E-state index contributed by atoms with van der Waals surface area (Å²) in [6, 6.07) is 20.2. The molecule has 0 aliphatic heterocycles. The maximum Gasteiger partial charge on any atom is 0.128 e. The first kappa shape index (κ1) is 15.7. The van der Waals surface area contributed by atoms with E-state index in [9.17, 15) is 4.79 Å². The third-order valence-electron chi connectivity index (χ3n) is 3.92. The van der Waals surface area contributed by atoms with Gasteiger partial charge in [-0.15, -0.1) is 0 Å². The summed E-state index contributed by atoms with van der Waals surface area (Å²) in [6.45, 7) is 0. The van der Waals surface area contributed by atoms with Gasteiger partial charge in [-0.05, 0) is 22.8 Å². The van der Waals surface area contributed by atoms with Crippen LogP contribution in [0, 0.1) is 5.92 Å². The standard InChI is InChI=1S/C23H18O/c24-18-22-13-7-12-21(16-14-19-8-3-1-4-9-19)23(22)17-15-20-10-5-2-6-11-20/h1-17,23H. The highest BCUT2D eigenvalue weighted by atomic mass is 16.1. The Morgan fingerprint density at radius 2 is 1.42 bits per heavy atom. The molecule has 0 spiro atoms. The number of hydrogen-bond donors (Lipinski definition) is 0. The molecule has 0 amide bonds. The molecule has 116 valence electrons. The molecule has 0 fully saturated rings. The van der Waals surface area contributed by atoms with Gasteiger partial charge in [-0.25, -0.2) is 4.79 Å². The lowest BCUT2D eigenvalue weighted by Gasteiger charge is -2.16. The SMILES string of the molecule is O=C=C1C=CC=C(C=Cc2ccccc2)C1C=Cc1ccccc1. The Morgan fingerprint density at radius 3 is 2.04 bits per heavy atom. The van der Waals surface area contributed by atoms with Gasteiger partial charge in [0.2, 0.25) is 0 Å². The first-order chi connectivity index (χ1) is 11.9. The van der Waals surface area contributed by atoms with Crippen LogP contribution in [-0.4, -0.2) is 5.94 Å². The van der Waals surface area contributed by atoms with Crippen LogP contribution in [0.15, 0.2) is 102 Å². The summed E-state index contributed by atoms with van der Waals surface area (Å²) in [5.41, 5.74) is 3.98. The maximum atomic E-state index is 11.3. The van der Waals surface area contributed by atoms with Gasteiger partial charge in [-0.1, -0.05) is 97.1 Å². The molecule has 24 heavy (non-hydrogen) atoms. The van der Waals surface area contributed by atoms with Crippen LogP contribution in [0.2, 0.25) is 0 Å². The Balaban J connectivity index is 1.87. The summed E-state index contributed by atoms with van der Waals surface area (Å²) in [7, 11) is 0. The van der Waals surface area contributed by atoms with Crippen LogP contribution in [0.4, 0.5) is 0 Å². The topological polar surface area (TPSA) is 17.1 Å². The lowest BCUT2D eigenvalue weighted by Crippen LogP contribution is -2.05. The quantitative estimate of drug-likeness (QED) is 0.702. The highest BCUT2D eigenvalue weighted by molar-refractivity contribution is 5.67. The highest BCUT2D eigenvalue weighted by Crippen LogP contribution is 2.28. The molecule has 3 rings (SSSR count). The van der Waals surface area contributed by atoms with E-state index in [1.54, 1.807) is 0 Å². The zero-order chi connectivity index (χ0) is 16.6. The van der Waals surface area contributed by atoms with Crippen LogP contribution in [0.1, 0.15) is 11.1 Å². The minimum atomic E-state index is -0.0762. The second-order valence-electron chi connectivity index (χ2n) is 5.57. The molecule has 0 saturated carbocycles. The van der Waals surface area contributed by atoms with Gasteiger partial charge < -0.3 is 0 Å². The van der Waals surface area contributed by atoms with Gasteiger partial charge in [-0.3, -0.25) is 0 Å². The van der Waals surface area contributed by atoms with E-state index in [1.807, 2.05) is 72.8 Å². The number of hydrogen-bond acceptors (Lipinski definition) is 1. The molecule has 0 saturated heterocycles. The van der Waals surface area contributed by atoms with E-state index in [0.29, 0.717) is 5.57 Å². The number of rotatable bonds is 4. The van der Waals surface area contributed by atoms with Crippen molar-refractivity contribution in [3.05, 3.63) is 113 Å². The van der Waals surface area contributed by atoms with Gasteiger partial charge in [-0.2, -0.15) is 0 Å². The van der Waals surface area contributed by atoms with Crippen LogP contribution in [0.5, 0.6) is 0 Å². The monoisotopic (exact) mass is 310 g/mol. The maximum absolute atomic E-state index is 11.3. The molecule has 0 bridgehead atoms. The Labute approximate surface area is 142 Å². The molecule has 1 heteroatoms. The van der Waals surface area contributed by atoms with Gasteiger partial charge in [0.05, 0.1) is 0 Å². The summed E-state index contributed by atoms with van der Waals surface area (Å²) in [5, 5.41) is 0. The van der Waals surface area contributed by atoms with Crippen molar-refractivity contribution in [1.82, 2.24) is 0 Å². The van der Waals surface area contributed by atoms with Gasteiger partial charge in [0.1, 0.15) is 5.94 Å². The van der Waals surface area contributed by atoms with E-state index >= 15 is 0 Å². The van der Waals surface area contributed by atoms with Gasteiger partial charge in [0, 0.05) is 11.5 Å². The molecule has 0 N–H and O–H groups in total. The Kier molecular flexibility index (Phi) is 5.19. The normalized spacial score (nSPS) is 17.2. The fourth-order valence-electron chi connectivity index (χ4n) is 2.65. The van der Waals surface area contributed by atoms with Crippen molar-refractivity contribution in [3.8, 4) is 0 Å². The molecule has 2 aromatic carbocycles. The van der Waals surface area contributed by atoms with Crippen molar-refractivity contribution >= 4 is 18.1 Å². The van der Waals surface area contributed by atoms with Crippen LogP contribution < -0.4 is 0 Å². The van der Waals surface area contributed by atoms with Gasteiger partial charge in [0.15, 0.2) is 0 Å². The van der Waals surface area contributed by atoms with Crippen molar-refractivity contribution in [1.29, 1.82) is 0 Å². The summed E-state index contributed by atoms with van der Waals surface area (Å²) < 4.78 is 0. The van der Waals surface area contributed by atoms with Gasteiger partial charge in [0.25, 0.3) is 0 Å². The van der Waals surface area contributed by atoms with Crippen LogP contribution >= 0.6 is 0 Å². The predicted octanol–water partition coefficient (Wildman–Crippen LogP) is 5.28. The molecule has 2 aromatic rings. The van der Waals surface area contributed by atoms with Gasteiger partial charge >= 0.3 is 0 Å². The predicted molar refractivity (Wildman–Crippen MR) is 101 cm³/mol. The zero-order valence-corrected chi connectivity index (χ0v) is 13.3. The first-order valence-corrected chi connectivity index (χ1v) is 7.96. The van der Waals surface area contributed by atoms with E-state index < -0.39 is 0 Å². The zero-order valence-electron chi connectivity index (χ0n) is 13.3. The molecule has 1 nitrogen and oxygen atoms in total. The molecule has 1 aliphatic rings. The molecular formula is C23H18O. The lowest BCUT2D eigenvalue weighted by molar-refractivity contribution is 0.566. The van der Waals surface area contributed by atoms with Crippen LogP contribution in [-0.2, 0) is 4.79 Å². The second kappa shape index (κ2) is 7.92. The van der Waals surface area contributed by atoms with Crippen molar-refractivity contribution in [3.63, 3.8) is 0 Å². The number of benzene rings is 2. The Hall–Kier alpha value is -3.15. The summed E-state index contributed by atoms with van der Waals surface area (Å²) in [6.07, 6.45) is 14.0. The van der Waals surface area contributed by atoms with E-state index in [2.05, 4.69) is 36.3 Å². The molecule has 0 heterocycles. The van der Waals surface area contributed by atoms with E-state index in [1.165, 1.54) is 0 Å². The number of allylic oxidation sites excluding steroid dienone is 7. The molecule has 0 aromatic heterocycles. The average molecular weight is 310 g/mol. The van der Waals surface area contributed by atoms with Crippen molar-refractivity contribution in [2.45, 2.75) is 0 Å². The largest absolute Gasteiger partial charge is 0.233 e. The third kappa shape index (κ3) is 3.98. The molecule has 1 unspecified atom stereocenters. The van der Waals surface area contributed by atoms with E-state index in [0.717, 1.165) is 16.7 Å². The van der Waals surface area contributed by atoms with Crippen LogP contribution in [0.3, 0.4) is 0 Å². The number of carbonyl (C=O) groups excluding carboxylic acids is 1. The fraction of sp³-hybridized carbons (Fsp3) is 0.0435. The minimum absolute atomic E-state index is 0.0762. The molecular weight excluding hydrogens is 292 g/mol. The smallest absolute Gasteiger partial charge is 0.128 e. The summed E-state index contributed by atoms with van der Waals surface area (Å²) in [4.78, 5) is 11.3. The fourth-order valence-corrected chi connectivity index (χ4v) is 2.65. The van der Waals surface area contributed by atoms with E-state index in [4.69, 9.17) is 0 Å². The van der Waals surface area contributed by atoms with E-state index in [-0.39, 0.29) is 5.92 Å². The third-order valence-corrected chi connectivity index (χ3v) is 3.92. The Morgan fingerprint density at radius 1 is 0.792 bits per heavy atom. The van der Waals surface area contributed by atoms with Crippen molar-refractivity contribution in [2.24, 2.45) is 5.92 Å². The van der Waals surface area contributed by atoms with Crippen molar-refractivity contribution < 1.29 is 4.79 Å². The average Bonchev–Trinajstić information content (AvgIpc) is 2.66. The summed E-state index contributed by atoms with van der Waals surface area (Å²) in [5.74, 6) is 2.00. The highest BCUT2D eigenvalue weighted by Gasteiger charge is 2.16. The summed E-state index contributed by atoms with van der Waals surface area (Å²) >= 11 is 0. The lowest BCUT2D eigenvalue weighted by atomic mass is 9.86. The second-order valence-corrected chi connectivity index (χ2v) is 5.57. The first-order valence-electron chi connectivity index (χ1n) is 7.96. The van der Waals surface area contributed by atoms with Crippen LogP contribution in [0.25, 0.3) is 12.2 Å². The minimum Gasteiger partial charge on any atom is -0.233 e. The molecule has 0 radical (unpaired) electrons. The van der Waals surface area contributed by atoms with Crippen molar-refractivity contribution in [2.75, 3.05) is 0 Å².